The van der Waals surface area contributed by atoms with Crippen LogP contribution in [0, 0.1) is 6.92 Å². The number of aromatic nitrogens is 2. The third kappa shape index (κ3) is 5.94. The predicted octanol–water partition coefficient (Wildman–Crippen LogP) is 3.50. The summed E-state index contributed by atoms with van der Waals surface area (Å²) in [6.45, 7) is 7.99. The first-order valence-corrected chi connectivity index (χ1v) is 11.7. The normalized spacial score (nSPS) is 14.4. The molecule has 0 amide bonds. The molecule has 0 unspecified atom stereocenters. The lowest BCUT2D eigenvalue weighted by atomic mass is 10.0. The van der Waals surface area contributed by atoms with Crippen LogP contribution in [0.2, 0.25) is 0 Å². The van der Waals surface area contributed by atoms with Gasteiger partial charge in [-0.25, -0.2) is 4.98 Å². The summed E-state index contributed by atoms with van der Waals surface area (Å²) in [5.74, 6) is 1.03. The first kappa shape index (κ1) is 23.8. The Hall–Kier alpha value is -3.38. The molecule has 1 aliphatic carbocycles. The molecule has 3 aromatic rings. The van der Waals surface area contributed by atoms with Crippen molar-refractivity contribution in [2.45, 2.75) is 26.2 Å². The van der Waals surface area contributed by atoms with Crippen LogP contribution >= 0.6 is 0 Å². The van der Waals surface area contributed by atoms with E-state index in [-0.39, 0.29) is 6.15 Å². The molecule has 1 saturated heterocycles. The van der Waals surface area contributed by atoms with Crippen molar-refractivity contribution in [2.24, 2.45) is 0 Å². The SMILES string of the molecule is Cc1ccc2c(c1)Cc1cc(Cc3cccnc3)nc(NCCCN3CCOCC3)c1-2.O=C=O. The average Bonchev–Trinajstić information content (AvgIpc) is 3.21. The van der Waals surface area contributed by atoms with Crippen LogP contribution in [0.4, 0.5) is 5.82 Å². The largest absolute Gasteiger partial charge is 0.379 e. The van der Waals surface area contributed by atoms with E-state index >= 15 is 0 Å². The molecule has 1 N–H and O–H groups in total. The van der Waals surface area contributed by atoms with Gasteiger partial charge in [0.1, 0.15) is 5.82 Å². The number of pyridine rings is 2. The number of nitrogens with zero attached hydrogens (tertiary/aromatic N) is 3. The lowest BCUT2D eigenvalue weighted by Gasteiger charge is -2.26. The second-order valence-electron chi connectivity index (χ2n) is 8.69. The highest BCUT2D eigenvalue weighted by Gasteiger charge is 2.24. The van der Waals surface area contributed by atoms with Crippen molar-refractivity contribution < 1.29 is 14.3 Å². The fourth-order valence-corrected chi connectivity index (χ4v) is 4.68. The Morgan fingerprint density at radius 3 is 2.71 bits per heavy atom. The molecule has 0 radical (unpaired) electrons. The molecule has 0 bridgehead atoms. The summed E-state index contributed by atoms with van der Waals surface area (Å²) in [5.41, 5.74) is 9.02. The van der Waals surface area contributed by atoms with Crippen molar-refractivity contribution in [3.8, 4) is 11.1 Å². The molecule has 1 aliphatic heterocycles. The second kappa shape index (κ2) is 11.7. The Bertz CT molecular complexity index is 1140. The number of ether oxygens (including phenoxy) is 1. The van der Waals surface area contributed by atoms with Crippen molar-refractivity contribution in [2.75, 3.05) is 44.7 Å². The summed E-state index contributed by atoms with van der Waals surface area (Å²) >= 11 is 0. The minimum atomic E-state index is 0.250. The molecule has 1 aromatic carbocycles. The molecule has 0 atom stereocenters. The summed E-state index contributed by atoms with van der Waals surface area (Å²) in [5, 5.41) is 3.68. The van der Waals surface area contributed by atoms with Crippen molar-refractivity contribution >= 4 is 12.0 Å². The first-order valence-electron chi connectivity index (χ1n) is 11.7. The minimum Gasteiger partial charge on any atom is -0.379 e. The number of hydrogen-bond donors (Lipinski definition) is 1. The summed E-state index contributed by atoms with van der Waals surface area (Å²) in [6, 6.07) is 13.2. The summed E-state index contributed by atoms with van der Waals surface area (Å²) in [4.78, 5) is 28.1. The third-order valence-corrected chi connectivity index (χ3v) is 6.22. The number of hydrogen-bond acceptors (Lipinski definition) is 7. The maximum Gasteiger partial charge on any atom is 0.373 e. The zero-order valence-corrected chi connectivity index (χ0v) is 19.5. The van der Waals surface area contributed by atoms with Crippen molar-refractivity contribution in [3.63, 3.8) is 0 Å². The van der Waals surface area contributed by atoms with Gasteiger partial charge in [-0.05, 0) is 60.7 Å². The molecule has 0 spiro atoms. The van der Waals surface area contributed by atoms with Gasteiger partial charge in [0.05, 0.1) is 13.2 Å². The highest BCUT2D eigenvalue weighted by Crippen LogP contribution is 2.41. The Kier molecular flexibility index (Phi) is 8.15. The third-order valence-electron chi connectivity index (χ3n) is 6.22. The van der Waals surface area contributed by atoms with E-state index in [2.05, 4.69) is 52.5 Å². The fraction of sp³-hybridized carbons (Fsp3) is 0.370. The molecular weight excluding hydrogens is 428 g/mol. The fourth-order valence-electron chi connectivity index (χ4n) is 4.68. The van der Waals surface area contributed by atoms with Gasteiger partial charge < -0.3 is 10.1 Å². The Morgan fingerprint density at radius 1 is 1.12 bits per heavy atom. The molecule has 5 rings (SSSR count). The van der Waals surface area contributed by atoms with Crippen molar-refractivity contribution in [3.05, 3.63) is 76.7 Å². The number of nitrogens with one attached hydrogen (secondary N) is 1. The lowest BCUT2D eigenvalue weighted by Crippen LogP contribution is -2.37. The van der Waals surface area contributed by atoms with Gasteiger partial charge in [-0.2, -0.15) is 9.59 Å². The monoisotopic (exact) mass is 458 g/mol. The van der Waals surface area contributed by atoms with Gasteiger partial charge in [-0.1, -0.05) is 29.8 Å². The first-order chi connectivity index (χ1) is 16.7. The highest BCUT2D eigenvalue weighted by atomic mass is 16.5. The van der Waals surface area contributed by atoms with Crippen molar-refractivity contribution in [1.29, 1.82) is 0 Å². The molecule has 0 saturated carbocycles. The van der Waals surface area contributed by atoms with Gasteiger partial charge in [-0.3, -0.25) is 9.88 Å². The summed E-state index contributed by atoms with van der Waals surface area (Å²) in [7, 11) is 0. The number of rotatable bonds is 7. The van der Waals surface area contributed by atoms with Crippen LogP contribution in [-0.2, 0) is 27.2 Å². The molecule has 34 heavy (non-hydrogen) atoms. The molecule has 1 fully saturated rings. The zero-order chi connectivity index (χ0) is 23.8. The maximum atomic E-state index is 8.12. The van der Waals surface area contributed by atoms with Gasteiger partial charge >= 0.3 is 6.15 Å². The van der Waals surface area contributed by atoms with Gasteiger partial charge in [0, 0.05) is 49.7 Å². The summed E-state index contributed by atoms with van der Waals surface area (Å²) in [6.07, 6.45) is 6.89. The van der Waals surface area contributed by atoms with Gasteiger partial charge in [0.25, 0.3) is 0 Å². The predicted molar refractivity (Wildman–Crippen MR) is 130 cm³/mol. The minimum absolute atomic E-state index is 0.250. The van der Waals surface area contributed by atoms with E-state index in [1.54, 1.807) is 0 Å². The molecule has 2 aliphatic rings. The Labute approximate surface area is 200 Å². The standard InChI is InChI=1S/C26H30N4O.CO2/c1-19-5-6-24-21(14-19)16-22-17-23(15-20-4-2-7-27-18-20)29-26(25(22)24)28-8-3-9-30-10-12-31-13-11-30;2-1-3/h2,4-7,14,17-18H,3,8-13,15-16H2,1H3,(H,28,29);. The molecule has 3 heterocycles. The van der Waals surface area contributed by atoms with Crippen LogP contribution in [0.3, 0.4) is 0 Å². The lowest BCUT2D eigenvalue weighted by molar-refractivity contribution is -0.191. The number of aryl methyl sites for hydroxylation is 1. The van der Waals surface area contributed by atoms with Gasteiger partial charge in [0.15, 0.2) is 0 Å². The number of anilines is 1. The van der Waals surface area contributed by atoms with Crippen LogP contribution in [0.25, 0.3) is 11.1 Å². The van der Waals surface area contributed by atoms with Crippen LogP contribution < -0.4 is 5.32 Å². The second-order valence-corrected chi connectivity index (χ2v) is 8.69. The van der Waals surface area contributed by atoms with Crippen LogP contribution in [0.5, 0.6) is 0 Å². The van der Waals surface area contributed by atoms with E-state index in [4.69, 9.17) is 19.3 Å². The number of carbonyl (C=O) groups excluding carboxylic acids is 2. The van der Waals surface area contributed by atoms with Crippen LogP contribution in [0.15, 0.2) is 48.8 Å². The van der Waals surface area contributed by atoms with E-state index in [1.165, 1.54) is 33.4 Å². The Morgan fingerprint density at radius 2 is 1.94 bits per heavy atom. The summed E-state index contributed by atoms with van der Waals surface area (Å²) < 4.78 is 5.46. The maximum absolute atomic E-state index is 8.12. The highest BCUT2D eigenvalue weighted by molar-refractivity contribution is 5.85. The van der Waals surface area contributed by atoms with E-state index < -0.39 is 0 Å². The van der Waals surface area contributed by atoms with E-state index in [0.717, 1.165) is 70.2 Å². The van der Waals surface area contributed by atoms with Crippen molar-refractivity contribution in [1.82, 2.24) is 14.9 Å². The number of benzene rings is 1. The van der Waals surface area contributed by atoms with E-state index in [0.29, 0.717) is 0 Å². The average molecular weight is 459 g/mol. The quantitative estimate of drug-likeness (QED) is 0.424. The smallest absolute Gasteiger partial charge is 0.373 e. The molecule has 2 aromatic heterocycles. The number of fused-ring (bicyclic) bond motifs is 3. The molecule has 176 valence electrons. The number of morpholine rings is 1. The Balaban J connectivity index is 0.000000868. The van der Waals surface area contributed by atoms with E-state index in [1.807, 2.05) is 18.5 Å². The molecule has 7 nitrogen and oxygen atoms in total. The topological polar surface area (TPSA) is 84.4 Å². The van der Waals surface area contributed by atoms with Crippen LogP contribution in [-0.4, -0.2) is 60.4 Å². The zero-order valence-electron chi connectivity index (χ0n) is 19.5. The van der Waals surface area contributed by atoms with Gasteiger partial charge in [0.2, 0.25) is 0 Å². The molecule has 7 heteroatoms. The van der Waals surface area contributed by atoms with Gasteiger partial charge in [-0.15, -0.1) is 0 Å². The van der Waals surface area contributed by atoms with Crippen LogP contribution in [0.1, 0.15) is 34.4 Å². The molecular formula is C27H30N4O3. The van der Waals surface area contributed by atoms with E-state index in [9.17, 15) is 0 Å².